The molecule has 1 aromatic carbocycles. The average molecular weight is 211 g/mol. The molecule has 0 N–H and O–H groups in total. The molecule has 0 saturated heterocycles. The maximum absolute atomic E-state index is 13.0. The Hall–Kier alpha value is -1.78. The van der Waals surface area contributed by atoms with Crippen molar-refractivity contribution >= 4 is 12.0 Å². The minimum absolute atomic E-state index is 0.422. The summed E-state index contributed by atoms with van der Waals surface area (Å²) < 4.78 is 13.0. The van der Waals surface area contributed by atoms with E-state index in [1.807, 2.05) is 0 Å². The summed E-state index contributed by atoms with van der Waals surface area (Å²) in [5.74, 6) is -0.898. The molecule has 0 aliphatic rings. The number of carbonyl (C=O) groups excluding carboxylic acids is 1. The van der Waals surface area contributed by atoms with Gasteiger partial charge in [0, 0.05) is 11.5 Å². The van der Waals surface area contributed by atoms with Crippen molar-refractivity contribution < 1.29 is 14.1 Å². The zero-order valence-electron chi connectivity index (χ0n) is 8.36. The van der Waals surface area contributed by atoms with Gasteiger partial charge in [-0.2, -0.15) is 4.39 Å². The summed E-state index contributed by atoms with van der Waals surface area (Å²) in [6, 6.07) is 3.46. The maximum atomic E-state index is 13.0. The molecule has 15 heavy (non-hydrogen) atoms. The van der Waals surface area contributed by atoms with Gasteiger partial charge >= 0.3 is 5.69 Å². The molecule has 0 fully saturated rings. The zero-order valence-corrected chi connectivity index (χ0v) is 8.36. The third-order valence-corrected chi connectivity index (χ3v) is 2.18. The van der Waals surface area contributed by atoms with Crippen LogP contribution in [0, 0.1) is 15.9 Å². The number of carbonyl (C=O) groups is 1. The lowest BCUT2D eigenvalue weighted by molar-refractivity contribution is -0.387. The van der Waals surface area contributed by atoms with Crippen LogP contribution in [-0.4, -0.2) is 11.2 Å². The highest BCUT2D eigenvalue weighted by atomic mass is 19.1. The van der Waals surface area contributed by atoms with Gasteiger partial charge < -0.3 is 4.79 Å². The van der Waals surface area contributed by atoms with E-state index in [9.17, 15) is 19.3 Å². The standard InChI is InChI=1S/C10H10FNO3/c1-10(2,6-13)7-3-4-8(11)9(5-7)12(14)15/h3-6H,1-2H3. The maximum Gasteiger partial charge on any atom is 0.305 e. The minimum Gasteiger partial charge on any atom is -0.302 e. The molecule has 0 unspecified atom stereocenters. The fourth-order valence-electron chi connectivity index (χ4n) is 1.12. The van der Waals surface area contributed by atoms with Crippen molar-refractivity contribution in [3.05, 3.63) is 39.7 Å². The molecule has 1 aromatic rings. The Morgan fingerprint density at radius 1 is 1.47 bits per heavy atom. The summed E-state index contributed by atoms with van der Waals surface area (Å²) >= 11 is 0. The van der Waals surface area contributed by atoms with E-state index in [0.29, 0.717) is 11.8 Å². The Morgan fingerprint density at radius 2 is 2.07 bits per heavy atom. The van der Waals surface area contributed by atoms with E-state index in [4.69, 9.17) is 0 Å². The second-order valence-electron chi connectivity index (χ2n) is 3.76. The van der Waals surface area contributed by atoms with Crippen molar-refractivity contribution in [2.24, 2.45) is 0 Å². The quantitative estimate of drug-likeness (QED) is 0.437. The highest BCUT2D eigenvalue weighted by Crippen LogP contribution is 2.26. The average Bonchev–Trinajstić information content (AvgIpc) is 2.17. The van der Waals surface area contributed by atoms with Gasteiger partial charge in [0.1, 0.15) is 6.29 Å². The summed E-state index contributed by atoms with van der Waals surface area (Å²) in [6.07, 6.45) is 0.671. The van der Waals surface area contributed by atoms with Crippen LogP contribution >= 0.6 is 0 Å². The van der Waals surface area contributed by atoms with Crippen LogP contribution in [0.2, 0.25) is 0 Å². The van der Waals surface area contributed by atoms with Gasteiger partial charge in [-0.1, -0.05) is 6.07 Å². The molecule has 0 aromatic heterocycles. The lowest BCUT2D eigenvalue weighted by atomic mass is 9.86. The molecule has 0 saturated carbocycles. The van der Waals surface area contributed by atoms with Crippen molar-refractivity contribution in [3.63, 3.8) is 0 Å². The van der Waals surface area contributed by atoms with Crippen LogP contribution in [0.5, 0.6) is 0 Å². The van der Waals surface area contributed by atoms with Gasteiger partial charge in [-0.15, -0.1) is 0 Å². The van der Waals surface area contributed by atoms with Gasteiger partial charge in [-0.3, -0.25) is 10.1 Å². The molecule has 0 atom stereocenters. The van der Waals surface area contributed by atoms with Gasteiger partial charge in [0.05, 0.1) is 4.92 Å². The number of rotatable bonds is 3. The van der Waals surface area contributed by atoms with Crippen LogP contribution in [0.25, 0.3) is 0 Å². The monoisotopic (exact) mass is 211 g/mol. The summed E-state index contributed by atoms with van der Waals surface area (Å²) in [7, 11) is 0. The molecule has 0 radical (unpaired) electrons. The molecular formula is C10H10FNO3. The Morgan fingerprint density at radius 3 is 2.53 bits per heavy atom. The smallest absolute Gasteiger partial charge is 0.302 e. The highest BCUT2D eigenvalue weighted by molar-refractivity contribution is 5.67. The van der Waals surface area contributed by atoms with Gasteiger partial charge in [0.25, 0.3) is 0 Å². The first-order valence-electron chi connectivity index (χ1n) is 4.29. The van der Waals surface area contributed by atoms with Crippen molar-refractivity contribution in [1.82, 2.24) is 0 Å². The molecule has 0 heterocycles. The number of nitro benzene ring substituents is 1. The topological polar surface area (TPSA) is 60.2 Å². The molecule has 4 nitrogen and oxygen atoms in total. The third-order valence-electron chi connectivity index (χ3n) is 2.18. The van der Waals surface area contributed by atoms with E-state index >= 15 is 0 Å². The van der Waals surface area contributed by atoms with E-state index in [1.54, 1.807) is 13.8 Å². The van der Waals surface area contributed by atoms with Gasteiger partial charge in [-0.25, -0.2) is 0 Å². The van der Waals surface area contributed by atoms with E-state index in [1.165, 1.54) is 6.07 Å². The summed E-state index contributed by atoms with van der Waals surface area (Å²) in [6.45, 7) is 3.22. The Bertz CT molecular complexity index is 415. The van der Waals surface area contributed by atoms with Gasteiger partial charge in [-0.05, 0) is 25.5 Å². The van der Waals surface area contributed by atoms with Crippen molar-refractivity contribution in [2.75, 3.05) is 0 Å². The van der Waals surface area contributed by atoms with Crippen molar-refractivity contribution in [1.29, 1.82) is 0 Å². The first kappa shape index (κ1) is 11.3. The van der Waals surface area contributed by atoms with Crippen LogP contribution in [0.3, 0.4) is 0 Å². The SMILES string of the molecule is CC(C)(C=O)c1ccc(F)c([N+](=O)[O-])c1. The summed E-state index contributed by atoms with van der Waals surface area (Å²) in [4.78, 5) is 20.4. The van der Waals surface area contributed by atoms with Crippen molar-refractivity contribution in [2.45, 2.75) is 19.3 Å². The summed E-state index contributed by atoms with van der Waals surface area (Å²) in [5.41, 5.74) is -1.04. The molecule has 0 bridgehead atoms. The number of nitro groups is 1. The first-order valence-corrected chi connectivity index (χ1v) is 4.29. The molecular weight excluding hydrogens is 201 g/mol. The largest absolute Gasteiger partial charge is 0.305 e. The second kappa shape index (κ2) is 3.76. The first-order chi connectivity index (χ1) is 6.88. The van der Waals surface area contributed by atoms with E-state index in [-0.39, 0.29) is 0 Å². The number of halogens is 1. The van der Waals surface area contributed by atoms with Crippen LogP contribution < -0.4 is 0 Å². The second-order valence-corrected chi connectivity index (χ2v) is 3.76. The Balaban J connectivity index is 3.30. The number of hydrogen-bond donors (Lipinski definition) is 0. The predicted molar refractivity (Wildman–Crippen MR) is 52.1 cm³/mol. The fraction of sp³-hybridized carbons (Fsp3) is 0.300. The molecule has 0 aliphatic carbocycles. The fourth-order valence-corrected chi connectivity index (χ4v) is 1.12. The molecule has 0 spiro atoms. The number of nitrogens with zero attached hydrogens (tertiary/aromatic N) is 1. The highest BCUT2D eigenvalue weighted by Gasteiger charge is 2.24. The van der Waals surface area contributed by atoms with Gasteiger partial charge in [0.15, 0.2) is 0 Å². The number of benzene rings is 1. The number of aldehydes is 1. The number of hydrogen-bond acceptors (Lipinski definition) is 3. The predicted octanol–water partition coefficient (Wildman–Crippen LogP) is 2.21. The normalized spacial score (nSPS) is 11.1. The van der Waals surface area contributed by atoms with E-state index < -0.39 is 21.8 Å². The molecule has 5 heteroatoms. The minimum atomic E-state index is -0.898. The van der Waals surface area contributed by atoms with Crippen LogP contribution in [0.1, 0.15) is 19.4 Å². The third kappa shape index (κ3) is 2.18. The molecule has 0 aliphatic heterocycles. The van der Waals surface area contributed by atoms with E-state index in [0.717, 1.165) is 12.1 Å². The van der Waals surface area contributed by atoms with Crippen molar-refractivity contribution in [3.8, 4) is 0 Å². The Kier molecular flexibility index (Phi) is 2.83. The van der Waals surface area contributed by atoms with Crippen LogP contribution in [0.15, 0.2) is 18.2 Å². The lowest BCUT2D eigenvalue weighted by Gasteiger charge is -2.16. The van der Waals surface area contributed by atoms with Crippen LogP contribution in [0.4, 0.5) is 10.1 Å². The molecule has 0 amide bonds. The molecule has 80 valence electrons. The zero-order chi connectivity index (χ0) is 11.6. The summed E-state index contributed by atoms with van der Waals surface area (Å²) in [5, 5.41) is 10.5. The van der Waals surface area contributed by atoms with E-state index in [2.05, 4.69) is 0 Å². The Labute approximate surface area is 85.9 Å². The lowest BCUT2D eigenvalue weighted by Crippen LogP contribution is -2.18. The molecule has 1 rings (SSSR count). The van der Waals surface area contributed by atoms with Crippen LogP contribution in [-0.2, 0) is 10.2 Å². The van der Waals surface area contributed by atoms with Gasteiger partial charge in [0.2, 0.25) is 5.82 Å².